The lowest BCUT2D eigenvalue weighted by atomic mass is 10.2. The Balaban J connectivity index is 2.27. The van der Waals surface area contributed by atoms with E-state index in [1.807, 2.05) is 55.5 Å². The van der Waals surface area contributed by atoms with Crippen LogP contribution in [-0.4, -0.2) is 15.3 Å². The fraction of sp³-hybridized carbons (Fsp3) is 0.222. The van der Waals surface area contributed by atoms with E-state index in [-0.39, 0.29) is 5.56 Å². The smallest absolute Gasteiger partial charge is 0.266 e. The summed E-state index contributed by atoms with van der Waals surface area (Å²) in [6.07, 6.45) is 1.04. The Morgan fingerprint density at radius 1 is 1.09 bits per heavy atom. The molecule has 0 bridgehead atoms. The average molecular weight is 310 g/mol. The van der Waals surface area contributed by atoms with Crippen LogP contribution in [0.4, 0.5) is 0 Å². The van der Waals surface area contributed by atoms with Crippen LogP contribution in [0.3, 0.4) is 0 Å². The third-order valence-electron chi connectivity index (χ3n) is 3.47. The maximum Gasteiger partial charge on any atom is 0.266 e. The second kappa shape index (κ2) is 6.36. The van der Waals surface area contributed by atoms with E-state index in [2.05, 4.69) is 6.92 Å². The Kier molecular flexibility index (Phi) is 4.29. The molecule has 0 spiro atoms. The van der Waals surface area contributed by atoms with Crippen LogP contribution >= 0.6 is 11.8 Å². The zero-order valence-corrected chi connectivity index (χ0v) is 13.6. The normalized spacial score (nSPS) is 11.0. The number of aryl methyl sites for hydroxylation is 1. The molecule has 22 heavy (non-hydrogen) atoms. The average Bonchev–Trinajstić information content (AvgIpc) is 2.54. The Hall–Kier alpha value is -2.07. The van der Waals surface area contributed by atoms with Crippen molar-refractivity contribution in [3.05, 3.63) is 64.4 Å². The van der Waals surface area contributed by atoms with E-state index in [4.69, 9.17) is 4.98 Å². The van der Waals surface area contributed by atoms with Gasteiger partial charge in [-0.05, 0) is 37.6 Å². The van der Waals surface area contributed by atoms with Gasteiger partial charge >= 0.3 is 0 Å². The highest BCUT2D eigenvalue weighted by Gasteiger charge is 2.12. The molecule has 0 fully saturated rings. The van der Waals surface area contributed by atoms with Crippen LogP contribution in [0.2, 0.25) is 0 Å². The van der Waals surface area contributed by atoms with Gasteiger partial charge in [-0.15, -0.1) is 0 Å². The van der Waals surface area contributed by atoms with Crippen molar-refractivity contribution in [2.45, 2.75) is 25.4 Å². The molecule has 0 aliphatic rings. The second-order valence-corrected chi connectivity index (χ2v) is 6.30. The van der Waals surface area contributed by atoms with Crippen LogP contribution in [0.5, 0.6) is 0 Å². The summed E-state index contributed by atoms with van der Waals surface area (Å²) in [5.74, 6) is 0.941. The van der Waals surface area contributed by atoms with Crippen LogP contribution in [0, 0.1) is 6.92 Å². The summed E-state index contributed by atoms with van der Waals surface area (Å²) in [6.45, 7) is 4.17. The number of benzene rings is 2. The van der Waals surface area contributed by atoms with Crippen molar-refractivity contribution in [2.75, 3.05) is 5.75 Å². The Morgan fingerprint density at radius 2 is 1.82 bits per heavy atom. The zero-order valence-electron chi connectivity index (χ0n) is 12.7. The van der Waals surface area contributed by atoms with Crippen molar-refractivity contribution < 1.29 is 0 Å². The lowest BCUT2D eigenvalue weighted by Gasteiger charge is -2.13. The lowest BCUT2D eigenvalue weighted by molar-refractivity contribution is 0.818. The summed E-state index contributed by atoms with van der Waals surface area (Å²) in [6, 6.07) is 15.5. The molecular formula is C18H18N2OS. The van der Waals surface area contributed by atoms with Crippen LogP contribution < -0.4 is 5.56 Å². The summed E-state index contributed by atoms with van der Waals surface area (Å²) in [5.41, 5.74) is 2.79. The van der Waals surface area contributed by atoms with E-state index in [9.17, 15) is 4.79 Å². The van der Waals surface area contributed by atoms with Crippen molar-refractivity contribution in [3.8, 4) is 5.69 Å². The topological polar surface area (TPSA) is 34.9 Å². The van der Waals surface area contributed by atoms with Gasteiger partial charge in [0.2, 0.25) is 0 Å². The molecule has 0 amide bonds. The molecule has 4 heteroatoms. The van der Waals surface area contributed by atoms with E-state index in [1.165, 1.54) is 5.56 Å². The number of aromatic nitrogens is 2. The number of hydrogen-bond donors (Lipinski definition) is 0. The van der Waals surface area contributed by atoms with Gasteiger partial charge in [0.1, 0.15) is 0 Å². The highest BCUT2D eigenvalue weighted by Crippen LogP contribution is 2.21. The van der Waals surface area contributed by atoms with Crippen LogP contribution in [0.25, 0.3) is 16.6 Å². The molecule has 1 aromatic heterocycles. The van der Waals surface area contributed by atoms with Crippen molar-refractivity contribution in [1.29, 1.82) is 0 Å². The number of nitrogens with zero attached hydrogens (tertiary/aromatic N) is 2. The predicted octanol–water partition coefficient (Wildman–Crippen LogP) is 4.20. The largest absolute Gasteiger partial charge is 0.268 e. The van der Waals surface area contributed by atoms with Crippen molar-refractivity contribution in [3.63, 3.8) is 0 Å². The summed E-state index contributed by atoms with van der Waals surface area (Å²) >= 11 is 1.63. The van der Waals surface area contributed by atoms with Crippen LogP contribution in [-0.2, 0) is 0 Å². The minimum absolute atomic E-state index is 0.00643. The van der Waals surface area contributed by atoms with Gasteiger partial charge in [0, 0.05) is 5.75 Å². The van der Waals surface area contributed by atoms with Crippen LogP contribution in [0.15, 0.2) is 58.5 Å². The minimum Gasteiger partial charge on any atom is -0.268 e. The summed E-state index contributed by atoms with van der Waals surface area (Å²) in [5, 5.41) is 1.42. The van der Waals surface area contributed by atoms with E-state index in [0.717, 1.165) is 28.5 Å². The maximum atomic E-state index is 12.9. The van der Waals surface area contributed by atoms with Gasteiger partial charge in [-0.2, -0.15) is 0 Å². The van der Waals surface area contributed by atoms with Crippen LogP contribution in [0.1, 0.15) is 18.9 Å². The minimum atomic E-state index is -0.00643. The van der Waals surface area contributed by atoms with Crippen molar-refractivity contribution >= 4 is 22.7 Å². The molecule has 0 N–H and O–H groups in total. The molecule has 0 unspecified atom stereocenters. The first-order valence-corrected chi connectivity index (χ1v) is 8.41. The highest BCUT2D eigenvalue weighted by molar-refractivity contribution is 7.99. The third-order valence-corrected chi connectivity index (χ3v) is 4.62. The number of hydrogen-bond acceptors (Lipinski definition) is 3. The Morgan fingerprint density at radius 3 is 2.55 bits per heavy atom. The van der Waals surface area contributed by atoms with Gasteiger partial charge < -0.3 is 0 Å². The molecule has 0 aliphatic heterocycles. The fourth-order valence-electron chi connectivity index (χ4n) is 2.32. The predicted molar refractivity (Wildman–Crippen MR) is 93.1 cm³/mol. The van der Waals surface area contributed by atoms with E-state index >= 15 is 0 Å². The molecule has 2 aromatic carbocycles. The first kappa shape index (κ1) is 14.9. The maximum absolute atomic E-state index is 12.9. The molecule has 3 aromatic rings. The molecule has 0 radical (unpaired) electrons. The SMILES string of the molecule is CCCSc1nc2ccccc2c(=O)n1-c1ccc(C)cc1. The van der Waals surface area contributed by atoms with Gasteiger partial charge in [0.25, 0.3) is 5.56 Å². The quantitative estimate of drug-likeness (QED) is 0.535. The van der Waals surface area contributed by atoms with Gasteiger partial charge in [-0.1, -0.05) is 48.5 Å². The van der Waals surface area contributed by atoms with Crippen molar-refractivity contribution in [2.24, 2.45) is 0 Å². The fourth-order valence-corrected chi connectivity index (χ4v) is 3.19. The molecule has 0 saturated heterocycles. The van der Waals surface area contributed by atoms with Gasteiger partial charge in [0.15, 0.2) is 5.16 Å². The number of para-hydroxylation sites is 1. The number of rotatable bonds is 4. The van der Waals surface area contributed by atoms with E-state index < -0.39 is 0 Å². The Labute approximate surface area is 134 Å². The summed E-state index contributed by atoms with van der Waals surface area (Å²) in [4.78, 5) is 17.6. The Bertz CT molecular complexity index is 853. The molecular weight excluding hydrogens is 292 g/mol. The number of fused-ring (bicyclic) bond motifs is 1. The van der Waals surface area contributed by atoms with Gasteiger partial charge in [-0.3, -0.25) is 9.36 Å². The summed E-state index contributed by atoms with van der Waals surface area (Å²) < 4.78 is 1.72. The summed E-state index contributed by atoms with van der Waals surface area (Å²) in [7, 11) is 0. The van der Waals surface area contributed by atoms with Crippen molar-refractivity contribution in [1.82, 2.24) is 9.55 Å². The molecule has 1 heterocycles. The molecule has 112 valence electrons. The zero-order chi connectivity index (χ0) is 15.5. The van der Waals surface area contributed by atoms with E-state index in [0.29, 0.717) is 5.39 Å². The first-order chi connectivity index (χ1) is 10.7. The standard InChI is InChI=1S/C18H18N2OS/c1-3-12-22-18-19-16-7-5-4-6-15(16)17(21)20(18)14-10-8-13(2)9-11-14/h4-11H,3,12H2,1-2H3. The second-order valence-electron chi connectivity index (χ2n) is 5.24. The van der Waals surface area contributed by atoms with Gasteiger partial charge in [0.05, 0.1) is 16.6 Å². The molecule has 0 aliphatic carbocycles. The first-order valence-electron chi connectivity index (χ1n) is 7.42. The molecule has 3 rings (SSSR count). The van der Waals surface area contributed by atoms with Gasteiger partial charge in [-0.25, -0.2) is 4.98 Å². The highest BCUT2D eigenvalue weighted by atomic mass is 32.2. The monoisotopic (exact) mass is 310 g/mol. The molecule has 0 saturated carbocycles. The third kappa shape index (κ3) is 2.79. The molecule has 0 atom stereocenters. The van der Waals surface area contributed by atoms with E-state index in [1.54, 1.807) is 16.3 Å². The number of thioether (sulfide) groups is 1. The lowest BCUT2D eigenvalue weighted by Crippen LogP contribution is -2.21. The molecule has 3 nitrogen and oxygen atoms in total.